The van der Waals surface area contributed by atoms with Gasteiger partial charge in [-0.05, 0) is 31.4 Å². The van der Waals surface area contributed by atoms with E-state index < -0.39 is 0 Å². The molecule has 0 bridgehead atoms. The molecule has 2 aromatic rings. The van der Waals surface area contributed by atoms with Crippen molar-refractivity contribution < 1.29 is 5.11 Å². The molecule has 0 aromatic carbocycles. The molecule has 2 aromatic heterocycles. The van der Waals surface area contributed by atoms with Crippen LogP contribution in [0.1, 0.15) is 42.3 Å². The van der Waals surface area contributed by atoms with Crippen LogP contribution in [-0.2, 0) is 6.42 Å². The number of anilines is 1. The summed E-state index contributed by atoms with van der Waals surface area (Å²) in [5.74, 6) is 1.36. The molecule has 0 atom stereocenters. The third-order valence-corrected chi connectivity index (χ3v) is 3.71. The van der Waals surface area contributed by atoms with Gasteiger partial charge < -0.3 is 10.0 Å². The van der Waals surface area contributed by atoms with Crippen LogP contribution in [0.15, 0.2) is 31.5 Å². The third-order valence-electron chi connectivity index (χ3n) is 3.71. The van der Waals surface area contributed by atoms with Crippen LogP contribution in [0.4, 0.5) is 5.95 Å². The summed E-state index contributed by atoms with van der Waals surface area (Å²) in [6, 6.07) is 4.08. The van der Waals surface area contributed by atoms with Crippen molar-refractivity contribution in [3.8, 4) is 0 Å². The molecular weight excluding hydrogens is 290 g/mol. The number of hydrogen-bond acceptors (Lipinski definition) is 5. The van der Waals surface area contributed by atoms with E-state index in [2.05, 4.69) is 39.4 Å². The highest BCUT2D eigenvalue weighted by Gasteiger charge is 2.26. The van der Waals surface area contributed by atoms with Crippen molar-refractivity contribution in [1.82, 2.24) is 20.2 Å². The van der Waals surface area contributed by atoms with Gasteiger partial charge in [0.25, 0.3) is 0 Å². The van der Waals surface area contributed by atoms with E-state index in [0.717, 1.165) is 30.8 Å². The maximum absolute atomic E-state index is 8.89. The second kappa shape index (κ2) is 8.43. The molecule has 0 amide bonds. The van der Waals surface area contributed by atoms with Gasteiger partial charge in [0.1, 0.15) is 0 Å². The molecule has 6 heteroatoms. The van der Waals surface area contributed by atoms with E-state index in [1.165, 1.54) is 18.5 Å². The number of hydrogen-bond donors (Lipinski definition) is 2. The summed E-state index contributed by atoms with van der Waals surface area (Å²) in [5, 5.41) is 16.4. The lowest BCUT2D eigenvalue weighted by Crippen LogP contribution is -2.22. The lowest BCUT2D eigenvalue weighted by Gasteiger charge is -2.16. The fraction of sp³-hybridized carbons (Fsp3) is 0.471. The Morgan fingerprint density at radius 1 is 1.39 bits per heavy atom. The smallest absolute Gasteiger partial charge is 0.225 e. The maximum atomic E-state index is 8.89. The first-order valence-electron chi connectivity index (χ1n) is 7.94. The van der Waals surface area contributed by atoms with Crippen LogP contribution in [0.25, 0.3) is 0 Å². The van der Waals surface area contributed by atoms with Gasteiger partial charge in [0, 0.05) is 44.4 Å². The molecule has 1 aliphatic rings. The lowest BCUT2D eigenvalue weighted by molar-refractivity contribution is 0.290. The molecule has 0 radical (unpaired) electrons. The van der Waals surface area contributed by atoms with E-state index in [-0.39, 0.29) is 6.61 Å². The average molecular weight is 315 g/mol. The van der Waals surface area contributed by atoms with Crippen LogP contribution in [0, 0.1) is 0 Å². The minimum absolute atomic E-state index is 0.183. The Balaban J connectivity index is 0.000000924. The first-order chi connectivity index (χ1) is 11.3. The van der Waals surface area contributed by atoms with Gasteiger partial charge in [-0.25, -0.2) is 9.97 Å². The Morgan fingerprint density at radius 3 is 2.87 bits per heavy atom. The molecule has 0 unspecified atom stereocenters. The standard InChI is InChI=1S/C15H21N5O.C2H4/c1-20(7-2-8-21)15-16-6-5-12(17-15)9-13-10-14(19-18-13)11-3-4-11;1-2/h5-6,10-11,21H,2-4,7-9H2,1H3,(H,18,19);1-2H2. The fourth-order valence-corrected chi connectivity index (χ4v) is 2.33. The predicted molar refractivity (Wildman–Crippen MR) is 91.6 cm³/mol. The second-order valence-electron chi connectivity index (χ2n) is 5.62. The molecular formula is C17H25N5O. The number of nitrogens with one attached hydrogen (secondary N) is 1. The number of aromatic amines is 1. The van der Waals surface area contributed by atoms with Crippen molar-refractivity contribution in [2.24, 2.45) is 0 Å². The average Bonchev–Trinajstić information content (AvgIpc) is 3.35. The first kappa shape index (κ1) is 17.1. The predicted octanol–water partition coefficient (Wildman–Crippen LogP) is 2.29. The minimum Gasteiger partial charge on any atom is -0.396 e. The van der Waals surface area contributed by atoms with Crippen molar-refractivity contribution in [3.63, 3.8) is 0 Å². The fourth-order valence-electron chi connectivity index (χ4n) is 2.33. The molecule has 0 saturated heterocycles. The van der Waals surface area contributed by atoms with Gasteiger partial charge in [0.2, 0.25) is 5.95 Å². The summed E-state index contributed by atoms with van der Waals surface area (Å²) in [5.41, 5.74) is 3.25. The quantitative estimate of drug-likeness (QED) is 0.767. The SMILES string of the molecule is C=C.CN(CCCO)c1nccc(Cc2cc(C3CC3)n[nH]2)n1. The number of H-pyrrole nitrogens is 1. The number of aromatic nitrogens is 4. The summed E-state index contributed by atoms with van der Waals surface area (Å²) in [6.07, 6.45) is 5.76. The number of aliphatic hydroxyl groups excluding tert-OH is 1. The van der Waals surface area contributed by atoms with Gasteiger partial charge in [-0.15, -0.1) is 13.2 Å². The van der Waals surface area contributed by atoms with Gasteiger partial charge in [0.15, 0.2) is 0 Å². The highest BCUT2D eigenvalue weighted by atomic mass is 16.3. The monoisotopic (exact) mass is 315 g/mol. The summed E-state index contributed by atoms with van der Waals surface area (Å²) in [7, 11) is 1.94. The molecule has 23 heavy (non-hydrogen) atoms. The van der Waals surface area contributed by atoms with Gasteiger partial charge in [-0.2, -0.15) is 5.10 Å². The van der Waals surface area contributed by atoms with Crippen molar-refractivity contribution in [1.29, 1.82) is 0 Å². The van der Waals surface area contributed by atoms with Gasteiger partial charge in [-0.3, -0.25) is 5.10 Å². The second-order valence-corrected chi connectivity index (χ2v) is 5.62. The Morgan fingerprint density at radius 2 is 2.17 bits per heavy atom. The summed E-state index contributed by atoms with van der Waals surface area (Å²) in [6.45, 7) is 6.93. The summed E-state index contributed by atoms with van der Waals surface area (Å²) >= 11 is 0. The summed E-state index contributed by atoms with van der Waals surface area (Å²) in [4.78, 5) is 10.8. The van der Waals surface area contributed by atoms with Crippen molar-refractivity contribution in [2.75, 3.05) is 25.1 Å². The highest BCUT2D eigenvalue weighted by Crippen LogP contribution is 2.39. The Kier molecular flexibility index (Phi) is 6.29. The van der Waals surface area contributed by atoms with Gasteiger partial charge >= 0.3 is 0 Å². The van der Waals surface area contributed by atoms with E-state index in [0.29, 0.717) is 11.9 Å². The van der Waals surface area contributed by atoms with E-state index in [1.54, 1.807) is 6.20 Å². The van der Waals surface area contributed by atoms with Crippen molar-refractivity contribution in [2.45, 2.75) is 31.6 Å². The minimum atomic E-state index is 0.183. The molecule has 1 fully saturated rings. The molecule has 2 N–H and O–H groups in total. The molecule has 0 aliphatic heterocycles. The Hall–Kier alpha value is -2.21. The van der Waals surface area contributed by atoms with Crippen LogP contribution >= 0.6 is 0 Å². The van der Waals surface area contributed by atoms with Crippen molar-refractivity contribution in [3.05, 3.63) is 48.6 Å². The number of aliphatic hydroxyl groups is 1. The number of rotatable bonds is 7. The zero-order valence-electron chi connectivity index (χ0n) is 13.7. The van der Waals surface area contributed by atoms with Gasteiger partial charge in [0.05, 0.1) is 11.4 Å². The Bertz CT molecular complexity index is 609. The largest absolute Gasteiger partial charge is 0.396 e. The Labute approximate surface area is 137 Å². The lowest BCUT2D eigenvalue weighted by atomic mass is 10.2. The van der Waals surface area contributed by atoms with Crippen LogP contribution < -0.4 is 4.90 Å². The molecule has 2 heterocycles. The zero-order chi connectivity index (χ0) is 16.7. The van der Waals surface area contributed by atoms with Crippen LogP contribution in [-0.4, -0.2) is 45.5 Å². The molecule has 1 aliphatic carbocycles. The molecule has 6 nitrogen and oxygen atoms in total. The van der Waals surface area contributed by atoms with Gasteiger partial charge in [-0.1, -0.05) is 0 Å². The normalized spacial score (nSPS) is 13.3. The first-order valence-corrected chi connectivity index (χ1v) is 7.94. The van der Waals surface area contributed by atoms with Crippen LogP contribution in [0.2, 0.25) is 0 Å². The summed E-state index contributed by atoms with van der Waals surface area (Å²) < 4.78 is 0. The van der Waals surface area contributed by atoms with Crippen LogP contribution in [0.5, 0.6) is 0 Å². The highest BCUT2D eigenvalue weighted by molar-refractivity contribution is 5.30. The molecule has 0 spiro atoms. The number of nitrogens with zero attached hydrogens (tertiary/aromatic N) is 4. The molecule has 1 saturated carbocycles. The van der Waals surface area contributed by atoms with E-state index in [1.807, 2.05) is 18.0 Å². The van der Waals surface area contributed by atoms with E-state index in [9.17, 15) is 0 Å². The molecule has 124 valence electrons. The maximum Gasteiger partial charge on any atom is 0.225 e. The zero-order valence-corrected chi connectivity index (χ0v) is 13.7. The van der Waals surface area contributed by atoms with E-state index >= 15 is 0 Å². The third kappa shape index (κ3) is 4.89. The topological polar surface area (TPSA) is 77.9 Å². The van der Waals surface area contributed by atoms with Crippen LogP contribution in [0.3, 0.4) is 0 Å². The molecule has 3 rings (SSSR count). The van der Waals surface area contributed by atoms with Crippen molar-refractivity contribution >= 4 is 5.95 Å². The van der Waals surface area contributed by atoms with E-state index in [4.69, 9.17) is 5.11 Å².